The molecule has 1 aromatic carbocycles. The van der Waals surface area contributed by atoms with Crippen molar-refractivity contribution in [2.75, 3.05) is 6.54 Å². The number of nitrogens with zero attached hydrogens (tertiary/aromatic N) is 4. The van der Waals surface area contributed by atoms with Crippen molar-refractivity contribution >= 4 is 5.91 Å². The Balaban J connectivity index is 1.59. The van der Waals surface area contributed by atoms with Crippen LogP contribution < -0.4 is 0 Å². The van der Waals surface area contributed by atoms with Gasteiger partial charge in [-0.05, 0) is 49.6 Å². The van der Waals surface area contributed by atoms with Crippen molar-refractivity contribution in [2.45, 2.75) is 25.8 Å². The minimum atomic E-state index is -0.0639. The van der Waals surface area contributed by atoms with Crippen molar-refractivity contribution in [2.24, 2.45) is 0 Å². The van der Waals surface area contributed by atoms with Crippen LogP contribution in [0.1, 0.15) is 40.6 Å². The van der Waals surface area contributed by atoms with Crippen molar-refractivity contribution in [3.63, 3.8) is 0 Å². The molecule has 6 nitrogen and oxygen atoms in total. The Morgan fingerprint density at radius 2 is 2.21 bits per heavy atom. The summed E-state index contributed by atoms with van der Waals surface area (Å²) in [6, 6.07) is 12.0. The Morgan fingerprint density at radius 3 is 3.00 bits per heavy atom. The molecule has 1 amide bonds. The van der Waals surface area contributed by atoms with Gasteiger partial charge in [0.05, 0.1) is 17.9 Å². The van der Waals surface area contributed by atoms with E-state index in [0.29, 0.717) is 5.69 Å². The molecular formula is C18H19N5O. The average Bonchev–Trinajstić information content (AvgIpc) is 3.33. The van der Waals surface area contributed by atoms with Gasteiger partial charge in [-0.3, -0.25) is 4.79 Å². The lowest BCUT2D eigenvalue weighted by Gasteiger charge is -2.22. The smallest absolute Gasteiger partial charge is 0.276 e. The molecule has 0 radical (unpaired) electrons. The summed E-state index contributed by atoms with van der Waals surface area (Å²) in [7, 11) is 0. The highest BCUT2D eigenvalue weighted by molar-refractivity contribution is 5.92. The fourth-order valence-corrected chi connectivity index (χ4v) is 3.29. The summed E-state index contributed by atoms with van der Waals surface area (Å²) in [4.78, 5) is 18.0. The maximum absolute atomic E-state index is 12.9. The number of hydrogen-bond acceptors (Lipinski definition) is 3. The Hall–Kier alpha value is -2.89. The second kappa shape index (κ2) is 5.96. The molecule has 3 heterocycles. The normalized spacial score (nSPS) is 17.4. The fourth-order valence-electron chi connectivity index (χ4n) is 3.29. The number of aromatic amines is 1. The van der Waals surface area contributed by atoms with Crippen molar-refractivity contribution < 1.29 is 4.79 Å². The molecule has 1 saturated heterocycles. The van der Waals surface area contributed by atoms with E-state index in [0.717, 1.165) is 36.3 Å². The lowest BCUT2D eigenvalue weighted by molar-refractivity contribution is 0.0727. The zero-order valence-corrected chi connectivity index (χ0v) is 13.5. The molecule has 1 N–H and O–H groups in total. The van der Waals surface area contributed by atoms with Crippen LogP contribution in [0.3, 0.4) is 0 Å². The van der Waals surface area contributed by atoms with Gasteiger partial charge in [0.25, 0.3) is 5.91 Å². The number of likely N-dealkylation sites (tertiary alicyclic amines) is 1. The number of aromatic nitrogens is 4. The summed E-state index contributed by atoms with van der Waals surface area (Å²) in [5.41, 5.74) is 3.51. The third-order valence-electron chi connectivity index (χ3n) is 4.47. The molecule has 1 fully saturated rings. The van der Waals surface area contributed by atoms with Crippen molar-refractivity contribution in [3.8, 4) is 5.69 Å². The lowest BCUT2D eigenvalue weighted by atomic mass is 10.1. The van der Waals surface area contributed by atoms with Gasteiger partial charge < -0.3 is 9.88 Å². The van der Waals surface area contributed by atoms with Crippen LogP contribution in [0, 0.1) is 6.92 Å². The van der Waals surface area contributed by atoms with Gasteiger partial charge in [0.2, 0.25) is 0 Å². The number of benzene rings is 1. The summed E-state index contributed by atoms with van der Waals surface area (Å²) in [6.07, 6.45) is 5.57. The number of nitrogens with one attached hydrogen (secondary N) is 1. The van der Waals surface area contributed by atoms with E-state index in [2.05, 4.69) is 15.3 Å². The SMILES string of the molecule is Cc1cccc(-n2cc(C(=O)N3CCCC3c3ccc[nH]3)nn2)c1. The molecule has 4 rings (SSSR count). The molecule has 1 aliphatic rings. The quantitative estimate of drug-likeness (QED) is 0.806. The molecule has 1 unspecified atom stereocenters. The molecule has 6 heteroatoms. The van der Waals surface area contributed by atoms with Crippen LogP contribution in [0.2, 0.25) is 0 Å². The predicted molar refractivity (Wildman–Crippen MR) is 89.9 cm³/mol. The number of carbonyl (C=O) groups is 1. The second-order valence-electron chi connectivity index (χ2n) is 6.17. The zero-order valence-electron chi connectivity index (χ0n) is 13.5. The Kier molecular flexibility index (Phi) is 3.65. The van der Waals surface area contributed by atoms with E-state index >= 15 is 0 Å². The van der Waals surface area contributed by atoms with Gasteiger partial charge >= 0.3 is 0 Å². The first-order valence-electron chi connectivity index (χ1n) is 8.16. The van der Waals surface area contributed by atoms with Crippen LogP contribution >= 0.6 is 0 Å². The molecule has 0 spiro atoms. The standard InChI is InChI=1S/C18H19N5O/c1-13-5-2-6-14(11-13)23-12-16(20-21-23)18(24)22-10-4-8-17(22)15-7-3-9-19-15/h2-3,5-7,9,11-12,17,19H,4,8,10H2,1H3. The highest BCUT2D eigenvalue weighted by Gasteiger charge is 2.32. The van der Waals surface area contributed by atoms with Gasteiger partial charge in [0, 0.05) is 18.4 Å². The fraction of sp³-hybridized carbons (Fsp3) is 0.278. The van der Waals surface area contributed by atoms with E-state index in [1.165, 1.54) is 0 Å². The zero-order chi connectivity index (χ0) is 16.5. The number of carbonyl (C=O) groups excluding carboxylic acids is 1. The van der Waals surface area contributed by atoms with E-state index in [4.69, 9.17) is 0 Å². The van der Waals surface area contributed by atoms with Crippen LogP contribution in [-0.4, -0.2) is 37.3 Å². The number of aryl methyl sites for hydroxylation is 1. The lowest BCUT2D eigenvalue weighted by Crippen LogP contribution is -2.31. The minimum absolute atomic E-state index is 0.0639. The third kappa shape index (κ3) is 2.60. The summed E-state index contributed by atoms with van der Waals surface area (Å²) in [5.74, 6) is -0.0639. The summed E-state index contributed by atoms with van der Waals surface area (Å²) in [5, 5.41) is 8.21. The van der Waals surface area contributed by atoms with Gasteiger partial charge in [0.1, 0.15) is 0 Å². The molecule has 1 atom stereocenters. The molecule has 24 heavy (non-hydrogen) atoms. The number of H-pyrrole nitrogens is 1. The molecule has 2 aromatic heterocycles. The first-order valence-corrected chi connectivity index (χ1v) is 8.16. The van der Waals surface area contributed by atoms with Crippen LogP contribution in [0.4, 0.5) is 0 Å². The first-order chi connectivity index (χ1) is 11.7. The van der Waals surface area contributed by atoms with Crippen LogP contribution in [0.15, 0.2) is 48.8 Å². The molecule has 0 bridgehead atoms. The maximum Gasteiger partial charge on any atom is 0.276 e. The van der Waals surface area contributed by atoms with E-state index in [9.17, 15) is 4.79 Å². The second-order valence-corrected chi connectivity index (χ2v) is 6.17. The van der Waals surface area contributed by atoms with E-state index in [-0.39, 0.29) is 11.9 Å². The summed E-state index contributed by atoms with van der Waals surface area (Å²) >= 11 is 0. The van der Waals surface area contributed by atoms with E-state index < -0.39 is 0 Å². The minimum Gasteiger partial charge on any atom is -0.363 e. The van der Waals surface area contributed by atoms with Crippen LogP contribution in [0.5, 0.6) is 0 Å². The number of hydrogen-bond donors (Lipinski definition) is 1. The molecule has 3 aromatic rings. The molecule has 0 saturated carbocycles. The maximum atomic E-state index is 12.9. The van der Waals surface area contributed by atoms with Crippen molar-refractivity contribution in [1.82, 2.24) is 24.9 Å². The molecule has 1 aliphatic heterocycles. The van der Waals surface area contributed by atoms with E-state index in [1.54, 1.807) is 10.9 Å². The topological polar surface area (TPSA) is 66.8 Å². The van der Waals surface area contributed by atoms with Crippen LogP contribution in [-0.2, 0) is 0 Å². The monoisotopic (exact) mass is 321 g/mol. The van der Waals surface area contributed by atoms with Gasteiger partial charge in [-0.15, -0.1) is 5.10 Å². The molecule has 0 aliphatic carbocycles. The first kappa shape index (κ1) is 14.7. The number of rotatable bonds is 3. The number of amides is 1. The van der Waals surface area contributed by atoms with Crippen molar-refractivity contribution in [1.29, 1.82) is 0 Å². The van der Waals surface area contributed by atoms with Crippen LogP contribution in [0.25, 0.3) is 5.69 Å². The highest BCUT2D eigenvalue weighted by atomic mass is 16.2. The summed E-state index contributed by atoms with van der Waals surface area (Å²) < 4.78 is 1.65. The Bertz CT molecular complexity index is 852. The Labute approximate surface area is 140 Å². The predicted octanol–water partition coefficient (Wildman–Crippen LogP) is 2.88. The van der Waals surface area contributed by atoms with Gasteiger partial charge in [-0.1, -0.05) is 17.3 Å². The third-order valence-corrected chi connectivity index (χ3v) is 4.47. The summed E-state index contributed by atoms with van der Waals surface area (Å²) in [6.45, 7) is 2.78. The average molecular weight is 321 g/mol. The highest BCUT2D eigenvalue weighted by Crippen LogP contribution is 2.31. The van der Waals surface area contributed by atoms with Gasteiger partial charge in [-0.2, -0.15) is 0 Å². The Morgan fingerprint density at radius 1 is 1.29 bits per heavy atom. The molecule has 122 valence electrons. The van der Waals surface area contributed by atoms with Gasteiger partial charge in [-0.25, -0.2) is 4.68 Å². The molecular weight excluding hydrogens is 302 g/mol. The van der Waals surface area contributed by atoms with Crippen molar-refractivity contribution in [3.05, 3.63) is 65.7 Å². The van der Waals surface area contributed by atoms with Gasteiger partial charge in [0.15, 0.2) is 5.69 Å². The largest absolute Gasteiger partial charge is 0.363 e. The van der Waals surface area contributed by atoms with E-state index in [1.807, 2.05) is 54.4 Å².